The van der Waals surface area contributed by atoms with Gasteiger partial charge in [0.25, 0.3) is 0 Å². The molecular weight excluding hydrogens is 384 g/mol. The molecule has 1 spiro atoms. The zero-order chi connectivity index (χ0) is 21.5. The Balaban J connectivity index is 1.83. The molecule has 0 aromatic heterocycles. The summed E-state index contributed by atoms with van der Waals surface area (Å²) < 4.78 is 5.38. The summed E-state index contributed by atoms with van der Waals surface area (Å²) in [6.07, 6.45) is 0.476. The number of benzene rings is 2. The minimum Gasteiger partial charge on any atom is -0.497 e. The summed E-state index contributed by atoms with van der Waals surface area (Å²) in [5.74, 6) is 0.246. The van der Waals surface area contributed by atoms with Crippen LogP contribution in [0.1, 0.15) is 23.6 Å². The van der Waals surface area contributed by atoms with Crippen LogP contribution in [0.3, 0.4) is 0 Å². The second kappa shape index (κ2) is 7.37. The number of likely N-dealkylation sites (tertiary alicyclic amines) is 1. The van der Waals surface area contributed by atoms with Crippen molar-refractivity contribution in [3.8, 4) is 5.75 Å². The van der Waals surface area contributed by atoms with Crippen molar-refractivity contribution in [3.63, 3.8) is 0 Å². The quantitative estimate of drug-likeness (QED) is 0.806. The summed E-state index contributed by atoms with van der Waals surface area (Å²) in [7, 11) is 3.05. The molecule has 4 rings (SSSR count). The van der Waals surface area contributed by atoms with Crippen LogP contribution in [0.25, 0.3) is 0 Å². The van der Waals surface area contributed by atoms with Gasteiger partial charge < -0.3 is 25.6 Å². The monoisotopic (exact) mass is 408 g/mol. The summed E-state index contributed by atoms with van der Waals surface area (Å²) in [6, 6.07) is 13.8. The molecule has 2 atom stereocenters. The van der Waals surface area contributed by atoms with Gasteiger partial charge in [-0.1, -0.05) is 30.3 Å². The lowest BCUT2D eigenvalue weighted by molar-refractivity contribution is -0.133. The first-order chi connectivity index (χ1) is 14.4. The predicted molar refractivity (Wildman–Crippen MR) is 111 cm³/mol. The molecule has 1 saturated heterocycles. The van der Waals surface area contributed by atoms with Crippen molar-refractivity contribution in [2.45, 2.75) is 17.9 Å². The lowest BCUT2D eigenvalue weighted by Gasteiger charge is -2.35. The maximum Gasteiger partial charge on any atom is 0.314 e. The van der Waals surface area contributed by atoms with Crippen LogP contribution in [-0.2, 0) is 15.0 Å². The third kappa shape index (κ3) is 2.96. The van der Waals surface area contributed by atoms with E-state index < -0.39 is 17.5 Å². The molecule has 8 heteroatoms. The molecule has 8 nitrogen and oxygen atoms in total. The molecule has 0 radical (unpaired) electrons. The van der Waals surface area contributed by atoms with E-state index >= 15 is 0 Å². The lowest BCUT2D eigenvalue weighted by Crippen LogP contribution is -2.46. The first-order valence-electron chi connectivity index (χ1n) is 9.73. The van der Waals surface area contributed by atoms with Gasteiger partial charge >= 0.3 is 6.03 Å². The van der Waals surface area contributed by atoms with Gasteiger partial charge in [0, 0.05) is 19.3 Å². The van der Waals surface area contributed by atoms with Gasteiger partial charge in [-0.25, -0.2) is 4.79 Å². The molecule has 2 aromatic rings. The number of likely N-dealkylation sites (N-methyl/N-ethyl adjacent to an activating group) is 1. The number of amides is 4. The van der Waals surface area contributed by atoms with Crippen molar-refractivity contribution in [3.05, 3.63) is 59.7 Å². The molecule has 2 unspecified atom stereocenters. The average molecular weight is 408 g/mol. The maximum atomic E-state index is 13.3. The highest BCUT2D eigenvalue weighted by Crippen LogP contribution is 2.54. The zero-order valence-corrected chi connectivity index (χ0v) is 16.9. The predicted octanol–water partition coefficient (Wildman–Crippen LogP) is 1.87. The Hall–Kier alpha value is -3.55. The minimum absolute atomic E-state index is 0.130. The van der Waals surface area contributed by atoms with Gasteiger partial charge in [0.2, 0.25) is 11.8 Å². The largest absolute Gasteiger partial charge is 0.497 e. The first-order valence-corrected chi connectivity index (χ1v) is 9.73. The number of rotatable bonds is 4. The Labute approximate surface area is 174 Å². The van der Waals surface area contributed by atoms with Gasteiger partial charge in [-0.3, -0.25) is 9.59 Å². The van der Waals surface area contributed by atoms with E-state index in [1.165, 1.54) is 11.9 Å². The maximum absolute atomic E-state index is 13.3. The van der Waals surface area contributed by atoms with Gasteiger partial charge in [0.1, 0.15) is 17.7 Å². The minimum atomic E-state index is -0.913. The number of hydrogen-bond acceptors (Lipinski definition) is 4. The van der Waals surface area contributed by atoms with Gasteiger partial charge in [-0.05, 0) is 35.7 Å². The number of nitrogens with two attached hydrogens (primary N) is 1. The molecule has 0 aliphatic carbocycles. The summed E-state index contributed by atoms with van der Waals surface area (Å²) in [6.45, 7) is 0.226. The summed E-state index contributed by atoms with van der Waals surface area (Å²) >= 11 is 0. The average Bonchev–Trinajstić information content (AvgIpc) is 3.27. The Bertz CT molecular complexity index is 1020. The van der Waals surface area contributed by atoms with Gasteiger partial charge in [-0.15, -0.1) is 0 Å². The fourth-order valence-corrected chi connectivity index (χ4v) is 4.60. The SMILES string of the molecule is COc1cccc(C2N(C(=O)CN(C)C(N)=O)CCC23C(=O)Nc2ccccc23)c1. The Morgan fingerprint density at radius 2 is 2.03 bits per heavy atom. The van der Waals surface area contributed by atoms with Crippen molar-refractivity contribution >= 4 is 23.5 Å². The highest BCUT2D eigenvalue weighted by molar-refractivity contribution is 6.07. The van der Waals surface area contributed by atoms with Crippen LogP contribution < -0.4 is 15.8 Å². The summed E-state index contributed by atoms with van der Waals surface area (Å²) in [4.78, 5) is 40.8. The molecule has 2 aliphatic rings. The molecule has 156 valence electrons. The number of anilines is 1. The van der Waals surface area contributed by atoms with E-state index in [0.29, 0.717) is 18.7 Å². The van der Waals surface area contributed by atoms with Crippen LogP contribution in [0.2, 0.25) is 0 Å². The number of para-hydroxylation sites is 1. The number of nitrogens with zero attached hydrogens (tertiary/aromatic N) is 2. The third-order valence-corrected chi connectivity index (χ3v) is 6.07. The van der Waals surface area contributed by atoms with Crippen molar-refractivity contribution in [2.24, 2.45) is 5.73 Å². The van der Waals surface area contributed by atoms with Crippen molar-refractivity contribution in [1.82, 2.24) is 9.80 Å². The zero-order valence-electron chi connectivity index (χ0n) is 16.9. The van der Waals surface area contributed by atoms with Crippen molar-refractivity contribution in [1.29, 1.82) is 0 Å². The van der Waals surface area contributed by atoms with E-state index in [4.69, 9.17) is 10.5 Å². The summed E-state index contributed by atoms with van der Waals surface area (Å²) in [5.41, 5.74) is 6.83. The van der Waals surface area contributed by atoms with E-state index in [-0.39, 0.29) is 18.4 Å². The highest BCUT2D eigenvalue weighted by Gasteiger charge is 2.59. The number of carbonyl (C=O) groups excluding carboxylic acids is 3. The second-order valence-electron chi connectivity index (χ2n) is 7.68. The Morgan fingerprint density at radius 3 is 2.77 bits per heavy atom. The molecule has 2 heterocycles. The first kappa shape index (κ1) is 19.8. The smallest absolute Gasteiger partial charge is 0.314 e. The number of ether oxygens (including phenoxy) is 1. The van der Waals surface area contributed by atoms with Crippen molar-refractivity contribution in [2.75, 3.05) is 32.6 Å². The number of hydrogen-bond donors (Lipinski definition) is 2. The topological polar surface area (TPSA) is 105 Å². The molecule has 3 N–H and O–H groups in total. The molecule has 4 amide bonds. The molecular formula is C22H24N4O4. The van der Waals surface area contributed by atoms with Crippen LogP contribution >= 0.6 is 0 Å². The molecule has 2 aliphatic heterocycles. The number of fused-ring (bicyclic) bond motifs is 2. The number of carbonyl (C=O) groups is 3. The fraction of sp³-hybridized carbons (Fsp3) is 0.318. The standard InChI is InChI=1S/C22H24N4O4/c1-25(21(23)29)13-18(27)26-11-10-22(16-8-3-4-9-17(16)24-20(22)28)19(26)14-6-5-7-15(12-14)30-2/h3-9,12,19H,10-11,13H2,1-2H3,(H2,23,29)(H,24,28). The third-order valence-electron chi connectivity index (χ3n) is 6.07. The fourth-order valence-electron chi connectivity index (χ4n) is 4.60. The van der Waals surface area contributed by atoms with E-state index in [0.717, 1.165) is 16.8 Å². The number of primary amides is 1. The molecule has 1 fully saturated rings. The number of nitrogens with one attached hydrogen (secondary N) is 1. The van der Waals surface area contributed by atoms with Crippen molar-refractivity contribution < 1.29 is 19.1 Å². The van der Waals surface area contributed by atoms with Gasteiger partial charge in [-0.2, -0.15) is 0 Å². The van der Waals surface area contributed by atoms with Crippen LogP contribution in [-0.4, -0.2) is 54.9 Å². The van der Waals surface area contributed by atoms with E-state index in [1.807, 2.05) is 48.5 Å². The van der Waals surface area contributed by atoms with Crippen LogP contribution in [0.4, 0.5) is 10.5 Å². The molecule has 2 aromatic carbocycles. The molecule has 0 bridgehead atoms. The molecule has 30 heavy (non-hydrogen) atoms. The number of methoxy groups -OCH3 is 1. The molecule has 0 saturated carbocycles. The van der Waals surface area contributed by atoms with E-state index in [2.05, 4.69) is 5.32 Å². The normalized spacial score (nSPS) is 22.0. The summed E-state index contributed by atoms with van der Waals surface area (Å²) in [5, 5.41) is 2.98. The van der Waals surface area contributed by atoms with Crippen LogP contribution in [0.5, 0.6) is 5.75 Å². The number of urea groups is 1. The second-order valence-corrected chi connectivity index (χ2v) is 7.68. The van der Waals surface area contributed by atoms with E-state index in [1.54, 1.807) is 12.0 Å². The Kier molecular flexibility index (Phi) is 4.85. The van der Waals surface area contributed by atoms with E-state index in [9.17, 15) is 14.4 Å². The van der Waals surface area contributed by atoms with Crippen LogP contribution in [0.15, 0.2) is 48.5 Å². The lowest BCUT2D eigenvalue weighted by atomic mass is 9.72. The highest BCUT2D eigenvalue weighted by atomic mass is 16.5. The van der Waals surface area contributed by atoms with Gasteiger partial charge in [0.05, 0.1) is 13.2 Å². The Morgan fingerprint density at radius 1 is 1.27 bits per heavy atom. The van der Waals surface area contributed by atoms with Crippen LogP contribution in [0, 0.1) is 0 Å². The van der Waals surface area contributed by atoms with Gasteiger partial charge in [0.15, 0.2) is 0 Å².